The van der Waals surface area contributed by atoms with Crippen LogP contribution in [0.1, 0.15) is 47.3 Å². The van der Waals surface area contributed by atoms with Crippen LogP contribution in [-0.2, 0) is 51.8 Å². The molecule has 6 N–H and O–H groups in total. The minimum Gasteiger partial charge on any atom is -0.496 e. The first-order valence-corrected chi connectivity index (χ1v) is 30.1. The van der Waals surface area contributed by atoms with Gasteiger partial charge in [0.05, 0.1) is 88.9 Å². The van der Waals surface area contributed by atoms with E-state index in [0.717, 1.165) is 22.3 Å². The molecule has 0 saturated heterocycles. The van der Waals surface area contributed by atoms with Gasteiger partial charge in [0.25, 0.3) is 0 Å². The van der Waals surface area contributed by atoms with Gasteiger partial charge in [-0.2, -0.15) is 0 Å². The fourth-order valence-corrected chi connectivity index (χ4v) is 11.5. The average Bonchev–Trinajstić information content (AvgIpc) is 3.98. The second-order valence-electron chi connectivity index (χ2n) is 19.2. The Labute approximate surface area is 480 Å². The van der Waals surface area contributed by atoms with Gasteiger partial charge in [-0.3, -0.25) is 0 Å². The Kier molecular flexibility index (Phi) is 25.5. The predicted molar refractivity (Wildman–Crippen MR) is 304 cm³/mol. The van der Waals surface area contributed by atoms with E-state index in [4.69, 9.17) is 61.1 Å². The molecule has 6 rings (SSSR count). The quantitative estimate of drug-likeness (QED) is 0.0334. The lowest BCUT2D eigenvalue weighted by atomic mass is 10.1. The number of amides is 4. The summed E-state index contributed by atoms with van der Waals surface area (Å²) in [5, 5.41) is 12.0. The topological polar surface area (TPSA) is 255 Å². The largest absolute Gasteiger partial charge is 0.496 e. The number of ether oxygens (including phenoxy) is 8. The van der Waals surface area contributed by atoms with E-state index >= 15 is 0 Å². The predicted octanol–water partition coefficient (Wildman–Crippen LogP) is 4.93. The van der Waals surface area contributed by atoms with Gasteiger partial charge in [0.1, 0.15) is 35.2 Å². The van der Waals surface area contributed by atoms with Crippen LogP contribution >= 0.6 is 23.2 Å². The summed E-state index contributed by atoms with van der Waals surface area (Å²) in [4.78, 5) is 28.6. The first kappa shape index (κ1) is 64.0. The van der Waals surface area contributed by atoms with E-state index in [1.54, 1.807) is 50.6 Å². The molecule has 0 saturated carbocycles. The zero-order chi connectivity index (χ0) is 57.7. The molecular formula is C54H76Cl2N8O14S2. The van der Waals surface area contributed by atoms with Gasteiger partial charge < -0.3 is 69.0 Å². The molecule has 80 heavy (non-hydrogen) atoms. The van der Waals surface area contributed by atoms with E-state index in [1.807, 2.05) is 40.3 Å². The van der Waals surface area contributed by atoms with Crippen LogP contribution in [0.4, 0.5) is 9.59 Å². The van der Waals surface area contributed by atoms with E-state index < -0.39 is 20.0 Å². The summed E-state index contributed by atoms with van der Waals surface area (Å²) in [5.41, 5.74) is 3.95. The second-order valence-corrected chi connectivity index (χ2v) is 23.6. The molecule has 0 heterocycles. The van der Waals surface area contributed by atoms with Crippen molar-refractivity contribution in [3.05, 3.63) is 105 Å². The fourth-order valence-electron chi connectivity index (χ4n) is 9.06. The van der Waals surface area contributed by atoms with Gasteiger partial charge >= 0.3 is 12.1 Å². The summed E-state index contributed by atoms with van der Waals surface area (Å²) < 4.78 is 103. The van der Waals surface area contributed by atoms with Crippen LogP contribution < -0.4 is 49.7 Å². The standard InChI is InChI=1S/C54H76Cl2N8O14S2/c1-63(2)47-35-43-45(31-37(55)33-49(43)71-5)51(47)77-39-9-13-41(14-10-39)79(67,68)61-21-25-75-29-27-73-23-19-59-53(65)57-17-7-8-18-58-54(66)60-20-24-74-28-30-76-26-22-62-80(69,70)42-15-11-40(12-16-42)78-52-46-32-38(56)34-50(72-6)44(46)36-48(52)64(3)4/h9-16,31-34,47-48,51-52,61-62H,7-8,17-30,35-36H2,1-6H3,(H2,57,59,65)(H2,58,60,66)/t47-,48-,51-,52-/m0/s1. The third-order valence-corrected chi connectivity index (χ3v) is 16.6. The van der Waals surface area contributed by atoms with Crippen molar-refractivity contribution in [2.45, 2.75) is 59.8 Å². The third-order valence-electron chi connectivity index (χ3n) is 13.2. The van der Waals surface area contributed by atoms with Gasteiger partial charge in [-0.1, -0.05) is 23.2 Å². The number of benzene rings is 4. The van der Waals surface area contributed by atoms with Gasteiger partial charge in [-0.25, -0.2) is 35.9 Å². The molecule has 4 amide bonds. The van der Waals surface area contributed by atoms with E-state index in [1.165, 1.54) is 24.3 Å². The Bertz CT molecular complexity index is 2650. The van der Waals surface area contributed by atoms with Gasteiger partial charge in [0.15, 0.2) is 0 Å². The number of hydrogen-bond acceptors (Lipinski definition) is 16. The lowest BCUT2D eigenvalue weighted by Crippen LogP contribution is -2.39. The molecule has 0 aromatic heterocycles. The van der Waals surface area contributed by atoms with Crippen molar-refractivity contribution in [3.8, 4) is 23.0 Å². The molecule has 4 aromatic carbocycles. The number of hydrogen-bond donors (Lipinski definition) is 6. The maximum Gasteiger partial charge on any atom is 0.314 e. The molecule has 0 unspecified atom stereocenters. The maximum atomic E-state index is 12.9. The van der Waals surface area contributed by atoms with Crippen LogP contribution in [0.2, 0.25) is 10.0 Å². The van der Waals surface area contributed by atoms with Crippen molar-refractivity contribution in [2.75, 3.05) is 135 Å². The van der Waals surface area contributed by atoms with Gasteiger partial charge in [-0.15, -0.1) is 0 Å². The highest BCUT2D eigenvalue weighted by Gasteiger charge is 2.39. The molecule has 22 nitrogen and oxygen atoms in total. The van der Waals surface area contributed by atoms with Crippen molar-refractivity contribution in [1.82, 2.24) is 40.5 Å². The monoisotopic (exact) mass is 1190 g/mol. The number of halogens is 2. The Balaban J connectivity index is 0.700. The number of carbonyl (C=O) groups excluding carboxylic acids is 2. The summed E-state index contributed by atoms with van der Waals surface area (Å²) in [6, 6.07) is 19.3. The molecule has 0 fully saturated rings. The molecule has 4 atom stereocenters. The molecule has 0 spiro atoms. The fraction of sp³-hybridized carbons (Fsp3) is 0.519. The summed E-state index contributed by atoms with van der Waals surface area (Å²) in [5.74, 6) is 2.46. The summed E-state index contributed by atoms with van der Waals surface area (Å²) in [7, 11) is 3.57. The van der Waals surface area contributed by atoms with Crippen molar-refractivity contribution in [3.63, 3.8) is 0 Å². The summed E-state index contributed by atoms with van der Waals surface area (Å²) in [6.07, 6.45) is 2.07. The van der Waals surface area contributed by atoms with Crippen molar-refractivity contribution >= 4 is 55.3 Å². The summed E-state index contributed by atoms with van der Waals surface area (Å²) >= 11 is 12.8. The van der Waals surface area contributed by atoms with Crippen LogP contribution in [-0.4, -0.2) is 185 Å². The van der Waals surface area contributed by atoms with Crippen molar-refractivity contribution < 1.29 is 64.3 Å². The number of methoxy groups -OCH3 is 2. The number of sulfonamides is 2. The molecule has 4 aromatic rings. The number of nitrogens with one attached hydrogen (secondary N) is 6. The summed E-state index contributed by atoms with van der Waals surface area (Å²) in [6.45, 7) is 3.32. The molecule has 26 heteroatoms. The zero-order valence-corrected chi connectivity index (χ0v) is 49.3. The van der Waals surface area contributed by atoms with Gasteiger partial charge in [0, 0.05) is 71.6 Å². The molecule has 442 valence electrons. The number of unbranched alkanes of at least 4 members (excludes halogenated alkanes) is 1. The van der Waals surface area contributed by atoms with E-state index in [2.05, 4.69) is 40.5 Å². The normalized spacial score (nSPS) is 16.8. The SMILES string of the molecule is COc1cc(Cl)cc2c1C[C@H](N(C)C)[C@H]2Oc1ccc(S(=O)(=O)NCCOCCOCCNC(=O)NCCCCNC(=O)NCCOCCOCCNS(=O)(=O)c2ccc(O[C@H]3c4cc(Cl)cc(OC)c4C[C@@H]3N(C)C)cc2)cc1. The smallest absolute Gasteiger partial charge is 0.314 e. The van der Waals surface area contributed by atoms with Gasteiger partial charge in [0.2, 0.25) is 20.0 Å². The van der Waals surface area contributed by atoms with Crippen molar-refractivity contribution in [2.24, 2.45) is 0 Å². The Morgan fingerprint density at radius 2 is 0.838 bits per heavy atom. The Morgan fingerprint density at radius 3 is 1.18 bits per heavy atom. The van der Waals surface area contributed by atoms with E-state index in [9.17, 15) is 26.4 Å². The van der Waals surface area contributed by atoms with E-state index in [-0.39, 0.29) is 125 Å². The second kappa shape index (κ2) is 31.8. The van der Waals surface area contributed by atoms with Crippen molar-refractivity contribution in [1.29, 1.82) is 0 Å². The number of fused-ring (bicyclic) bond motifs is 2. The number of urea groups is 2. The van der Waals surface area contributed by atoms with Crippen LogP contribution in [0.3, 0.4) is 0 Å². The van der Waals surface area contributed by atoms with E-state index in [0.29, 0.717) is 71.8 Å². The highest BCUT2D eigenvalue weighted by molar-refractivity contribution is 7.89. The molecule has 0 radical (unpaired) electrons. The first-order chi connectivity index (χ1) is 38.4. The molecular weight excluding hydrogens is 1120 g/mol. The molecule has 0 bridgehead atoms. The Morgan fingerprint density at radius 1 is 0.500 bits per heavy atom. The van der Waals surface area contributed by atoms with Crippen LogP contribution in [0, 0.1) is 0 Å². The number of nitrogens with zero attached hydrogens (tertiary/aromatic N) is 2. The highest BCUT2D eigenvalue weighted by atomic mass is 35.5. The maximum absolute atomic E-state index is 12.9. The number of rotatable bonds is 35. The molecule has 2 aliphatic carbocycles. The van der Waals surface area contributed by atoms with Gasteiger partial charge in [-0.05, 0) is 127 Å². The lowest BCUT2D eigenvalue weighted by molar-refractivity contribution is 0.0516. The minimum absolute atomic E-state index is 0.0238. The first-order valence-electron chi connectivity index (χ1n) is 26.3. The lowest BCUT2D eigenvalue weighted by Gasteiger charge is -2.27. The van der Waals surface area contributed by atoms with Crippen LogP contribution in [0.15, 0.2) is 82.6 Å². The third kappa shape index (κ3) is 19.2. The Hall–Kier alpha value is -5.22. The van der Waals surface area contributed by atoms with Crippen LogP contribution in [0.5, 0.6) is 23.0 Å². The number of carbonyl (C=O) groups is 2. The zero-order valence-electron chi connectivity index (χ0n) is 46.1. The molecule has 2 aliphatic rings. The highest BCUT2D eigenvalue weighted by Crippen LogP contribution is 2.45. The average molecular weight is 1200 g/mol. The van der Waals surface area contributed by atoms with Crippen LogP contribution in [0.25, 0.3) is 0 Å². The minimum atomic E-state index is -3.79. The number of likely N-dealkylation sites (N-methyl/N-ethyl adjacent to an activating group) is 2. The molecule has 0 aliphatic heterocycles.